The van der Waals surface area contributed by atoms with Crippen molar-refractivity contribution in [2.24, 2.45) is 0 Å². The number of anilines is 1. The van der Waals surface area contributed by atoms with Gasteiger partial charge in [-0.15, -0.1) is 0 Å². The SMILES string of the molecule is COc1ccnc(OC)c1-c1cn(COCC[Si](C)(C)C)c2nc(NC(=O)O)ccc12. The number of nitrogens with one attached hydrogen (secondary N) is 1. The molecule has 9 nitrogen and oxygen atoms in total. The summed E-state index contributed by atoms with van der Waals surface area (Å²) in [6, 6.07) is 6.24. The van der Waals surface area contributed by atoms with Gasteiger partial charge >= 0.3 is 6.09 Å². The molecular weight excluding hydrogens is 416 g/mol. The van der Waals surface area contributed by atoms with Crippen molar-refractivity contribution in [3.8, 4) is 22.8 Å². The second-order valence-corrected chi connectivity index (χ2v) is 13.9. The van der Waals surface area contributed by atoms with Gasteiger partial charge in [-0.1, -0.05) is 19.6 Å². The van der Waals surface area contributed by atoms with Gasteiger partial charge in [-0.2, -0.15) is 0 Å². The average Bonchev–Trinajstić information content (AvgIpc) is 3.06. The third-order valence-electron chi connectivity index (χ3n) is 4.74. The van der Waals surface area contributed by atoms with Crippen molar-refractivity contribution < 1.29 is 24.1 Å². The van der Waals surface area contributed by atoms with Gasteiger partial charge in [0.1, 0.15) is 23.9 Å². The van der Waals surface area contributed by atoms with Crippen LogP contribution in [0.4, 0.5) is 10.6 Å². The number of fused-ring (bicyclic) bond motifs is 1. The normalized spacial score (nSPS) is 11.5. The first-order valence-corrected chi connectivity index (χ1v) is 13.6. The number of carboxylic acid groups (broad SMARTS) is 1. The molecule has 3 aromatic rings. The lowest BCUT2D eigenvalue weighted by molar-refractivity contribution is 0.0899. The maximum atomic E-state index is 11.1. The van der Waals surface area contributed by atoms with Crippen molar-refractivity contribution in [2.45, 2.75) is 32.4 Å². The molecule has 0 aliphatic heterocycles. The van der Waals surface area contributed by atoms with E-state index < -0.39 is 14.2 Å². The third kappa shape index (κ3) is 5.33. The van der Waals surface area contributed by atoms with Crippen molar-refractivity contribution >= 4 is 31.0 Å². The van der Waals surface area contributed by atoms with E-state index in [2.05, 4.69) is 34.9 Å². The standard InChI is InChI=1S/C21H28N4O5Si/c1-28-16-8-9-22-20(29-2)18(16)15-12-25(13-30-10-11-31(3,4)5)19-14(15)6-7-17(23-19)24-21(26)27/h6-9,12H,10-11,13H2,1-5H3,(H,23,24)(H,26,27). The van der Waals surface area contributed by atoms with E-state index in [-0.39, 0.29) is 12.5 Å². The van der Waals surface area contributed by atoms with E-state index in [1.54, 1.807) is 32.5 Å². The molecule has 0 aliphatic carbocycles. The van der Waals surface area contributed by atoms with Crippen LogP contribution in [0.5, 0.6) is 11.6 Å². The molecule has 0 aliphatic rings. The van der Waals surface area contributed by atoms with Crippen LogP contribution in [0.25, 0.3) is 22.2 Å². The number of methoxy groups -OCH3 is 2. The van der Waals surface area contributed by atoms with E-state index in [0.717, 1.165) is 17.0 Å². The highest BCUT2D eigenvalue weighted by Crippen LogP contribution is 2.41. The molecule has 0 bridgehead atoms. The predicted octanol–water partition coefficient (Wildman–Crippen LogP) is 4.52. The Bertz CT molecular complexity index is 1060. The second-order valence-electron chi connectivity index (χ2n) is 8.26. The second kappa shape index (κ2) is 9.35. The van der Waals surface area contributed by atoms with E-state index >= 15 is 0 Å². The zero-order valence-corrected chi connectivity index (χ0v) is 19.4. The van der Waals surface area contributed by atoms with Gasteiger partial charge in [-0.05, 0) is 24.2 Å². The number of rotatable bonds is 9. The Morgan fingerprint density at radius 3 is 2.61 bits per heavy atom. The van der Waals surface area contributed by atoms with Crippen LogP contribution < -0.4 is 14.8 Å². The van der Waals surface area contributed by atoms with Gasteiger partial charge in [0.05, 0.1) is 19.8 Å². The first-order chi connectivity index (χ1) is 14.7. The zero-order valence-electron chi connectivity index (χ0n) is 18.4. The summed E-state index contributed by atoms with van der Waals surface area (Å²) in [5.41, 5.74) is 2.08. The van der Waals surface area contributed by atoms with Crippen molar-refractivity contribution in [2.75, 3.05) is 26.1 Å². The van der Waals surface area contributed by atoms with Crippen LogP contribution in [0.1, 0.15) is 0 Å². The van der Waals surface area contributed by atoms with Crippen LogP contribution in [0.15, 0.2) is 30.6 Å². The monoisotopic (exact) mass is 444 g/mol. The highest BCUT2D eigenvalue weighted by atomic mass is 28.3. The zero-order chi connectivity index (χ0) is 22.6. The molecule has 0 aromatic carbocycles. The van der Waals surface area contributed by atoms with Gasteiger partial charge in [0.2, 0.25) is 5.88 Å². The fourth-order valence-corrected chi connectivity index (χ4v) is 3.94. The molecule has 3 rings (SSSR count). The lowest BCUT2D eigenvalue weighted by Gasteiger charge is -2.15. The highest BCUT2D eigenvalue weighted by Gasteiger charge is 2.21. The summed E-state index contributed by atoms with van der Waals surface area (Å²) in [6.07, 6.45) is 2.35. The summed E-state index contributed by atoms with van der Waals surface area (Å²) >= 11 is 0. The molecule has 0 unspecified atom stereocenters. The average molecular weight is 445 g/mol. The molecule has 1 amide bonds. The van der Waals surface area contributed by atoms with Gasteiger partial charge in [0, 0.05) is 38.0 Å². The fourth-order valence-electron chi connectivity index (χ4n) is 3.18. The van der Waals surface area contributed by atoms with Gasteiger partial charge in [0.15, 0.2) is 0 Å². The van der Waals surface area contributed by atoms with Gasteiger partial charge in [-0.3, -0.25) is 5.32 Å². The van der Waals surface area contributed by atoms with Crippen LogP contribution in [0.3, 0.4) is 0 Å². The van der Waals surface area contributed by atoms with E-state index in [9.17, 15) is 4.79 Å². The number of ether oxygens (including phenoxy) is 3. The molecule has 0 spiro atoms. The minimum atomic E-state index is -1.22. The Labute approximate surface area is 182 Å². The maximum Gasteiger partial charge on any atom is 0.410 e. The molecule has 0 saturated heterocycles. The topological polar surface area (TPSA) is 108 Å². The Morgan fingerprint density at radius 2 is 1.97 bits per heavy atom. The molecule has 0 fully saturated rings. The maximum absolute atomic E-state index is 11.1. The van der Waals surface area contributed by atoms with Gasteiger partial charge in [-0.25, -0.2) is 14.8 Å². The smallest absolute Gasteiger partial charge is 0.410 e. The van der Waals surface area contributed by atoms with Crippen molar-refractivity contribution in [3.05, 3.63) is 30.6 Å². The summed E-state index contributed by atoms with van der Waals surface area (Å²) in [7, 11) is 1.92. The summed E-state index contributed by atoms with van der Waals surface area (Å²) in [4.78, 5) is 19.9. The molecule has 0 saturated carbocycles. The molecular formula is C21H28N4O5Si. The largest absolute Gasteiger partial charge is 0.496 e. The highest BCUT2D eigenvalue weighted by molar-refractivity contribution is 6.76. The van der Waals surface area contributed by atoms with Crippen molar-refractivity contribution in [1.29, 1.82) is 0 Å². The molecule has 166 valence electrons. The Balaban J connectivity index is 2.08. The number of nitrogens with zero attached hydrogens (tertiary/aromatic N) is 3. The summed E-state index contributed by atoms with van der Waals surface area (Å²) in [6.45, 7) is 7.83. The number of pyridine rings is 2. The van der Waals surface area contributed by atoms with Crippen LogP contribution in [0, 0.1) is 0 Å². The summed E-state index contributed by atoms with van der Waals surface area (Å²) < 4.78 is 18.8. The quantitative estimate of drug-likeness (QED) is 0.369. The van der Waals surface area contributed by atoms with Gasteiger partial charge < -0.3 is 23.9 Å². The summed E-state index contributed by atoms with van der Waals surface area (Å²) in [5.74, 6) is 1.27. The van der Waals surface area contributed by atoms with Crippen LogP contribution >= 0.6 is 0 Å². The molecule has 10 heteroatoms. The number of hydrogen-bond acceptors (Lipinski definition) is 6. The van der Waals surface area contributed by atoms with Crippen LogP contribution in [-0.4, -0.2) is 54.6 Å². The van der Waals surface area contributed by atoms with Gasteiger partial charge in [0.25, 0.3) is 0 Å². The van der Waals surface area contributed by atoms with E-state index in [4.69, 9.17) is 19.3 Å². The van der Waals surface area contributed by atoms with Crippen molar-refractivity contribution in [3.63, 3.8) is 0 Å². The lowest BCUT2D eigenvalue weighted by Crippen LogP contribution is -2.22. The molecule has 31 heavy (non-hydrogen) atoms. The Kier molecular flexibility index (Phi) is 6.81. The minimum absolute atomic E-state index is 0.234. The molecule has 0 atom stereocenters. The van der Waals surface area contributed by atoms with E-state index in [0.29, 0.717) is 29.4 Å². The molecule has 2 N–H and O–H groups in total. The number of hydrogen-bond donors (Lipinski definition) is 2. The first kappa shape index (κ1) is 22.6. The first-order valence-electron chi connectivity index (χ1n) is 9.88. The number of amides is 1. The summed E-state index contributed by atoms with van der Waals surface area (Å²) in [5, 5.41) is 12.2. The molecule has 0 radical (unpaired) electrons. The third-order valence-corrected chi connectivity index (χ3v) is 6.45. The van der Waals surface area contributed by atoms with E-state index in [1.165, 1.54) is 0 Å². The number of carbonyl (C=O) groups is 1. The molecule has 3 heterocycles. The lowest BCUT2D eigenvalue weighted by atomic mass is 10.1. The Morgan fingerprint density at radius 1 is 1.19 bits per heavy atom. The minimum Gasteiger partial charge on any atom is -0.496 e. The predicted molar refractivity (Wildman–Crippen MR) is 122 cm³/mol. The molecule has 3 aromatic heterocycles. The number of aromatic nitrogens is 3. The van der Waals surface area contributed by atoms with Crippen molar-refractivity contribution in [1.82, 2.24) is 14.5 Å². The van der Waals surface area contributed by atoms with Crippen LogP contribution in [-0.2, 0) is 11.5 Å². The fraction of sp³-hybridized carbons (Fsp3) is 0.381. The van der Waals surface area contributed by atoms with Crippen LogP contribution in [0.2, 0.25) is 25.7 Å². The van der Waals surface area contributed by atoms with E-state index in [1.807, 2.05) is 16.8 Å². The Hall–Kier alpha value is -3.11.